The smallest absolute Gasteiger partial charge is 0.236 e. The second kappa shape index (κ2) is 6.29. The van der Waals surface area contributed by atoms with Crippen molar-refractivity contribution in [1.29, 1.82) is 0 Å². The second-order valence-corrected chi connectivity index (χ2v) is 5.91. The van der Waals surface area contributed by atoms with Crippen LogP contribution in [0.1, 0.15) is 12.8 Å². The summed E-state index contributed by atoms with van der Waals surface area (Å²) in [5.74, 6) is -0.255. The minimum atomic E-state index is -0.424. The van der Waals surface area contributed by atoms with Crippen molar-refractivity contribution in [3.8, 4) is 0 Å². The first kappa shape index (κ1) is 14.7. The van der Waals surface area contributed by atoms with Crippen molar-refractivity contribution in [3.05, 3.63) is 0 Å². The molecule has 0 N–H and O–H groups in total. The summed E-state index contributed by atoms with van der Waals surface area (Å²) in [4.78, 5) is 28.8. The zero-order valence-corrected chi connectivity index (χ0v) is 12.3. The Balaban J connectivity index is 1.43. The van der Waals surface area contributed by atoms with Gasteiger partial charge in [-0.15, -0.1) is 0 Å². The highest BCUT2D eigenvalue weighted by molar-refractivity contribution is 5.78. The molecule has 0 aliphatic carbocycles. The third-order valence-corrected chi connectivity index (χ3v) is 4.61. The average Bonchev–Trinajstić information content (AvgIpc) is 2.97. The summed E-state index contributed by atoms with van der Waals surface area (Å²) in [5.41, 5.74) is 0. The number of likely N-dealkylation sites (tertiary alicyclic amines) is 1. The van der Waals surface area contributed by atoms with Crippen LogP contribution in [0.4, 0.5) is 0 Å². The number of amides is 2. The number of rotatable bonds is 3. The van der Waals surface area contributed by atoms with Crippen LogP contribution in [0.3, 0.4) is 0 Å². The normalized spacial score (nSPS) is 26.3. The van der Waals surface area contributed by atoms with Crippen LogP contribution in [-0.4, -0.2) is 91.8 Å². The first-order chi connectivity index (χ1) is 10.2. The van der Waals surface area contributed by atoms with Crippen molar-refractivity contribution in [2.45, 2.75) is 18.6 Å². The van der Waals surface area contributed by atoms with Gasteiger partial charge in [0, 0.05) is 52.1 Å². The molecule has 0 unspecified atom stereocenters. The van der Waals surface area contributed by atoms with Gasteiger partial charge in [0.1, 0.15) is 0 Å². The molecule has 118 valence electrons. The van der Waals surface area contributed by atoms with Gasteiger partial charge in [0.05, 0.1) is 19.8 Å². The second-order valence-electron chi connectivity index (χ2n) is 5.91. The van der Waals surface area contributed by atoms with Crippen molar-refractivity contribution in [2.24, 2.45) is 0 Å². The van der Waals surface area contributed by atoms with Crippen LogP contribution in [0, 0.1) is 0 Å². The molecule has 0 radical (unpaired) electrons. The first-order valence-corrected chi connectivity index (χ1v) is 7.68. The molecule has 1 spiro atoms. The van der Waals surface area contributed by atoms with E-state index in [4.69, 9.17) is 9.47 Å². The van der Waals surface area contributed by atoms with E-state index in [0.717, 1.165) is 32.3 Å². The Kier molecular flexibility index (Phi) is 4.42. The molecule has 3 aliphatic heterocycles. The molecule has 0 aromatic rings. The summed E-state index contributed by atoms with van der Waals surface area (Å²) in [6.45, 7) is 6.14. The topological polar surface area (TPSA) is 62.3 Å². The van der Waals surface area contributed by atoms with Crippen LogP contribution in [0.2, 0.25) is 0 Å². The van der Waals surface area contributed by atoms with Crippen molar-refractivity contribution >= 4 is 12.3 Å². The number of carbonyl (C=O) groups is 2. The van der Waals surface area contributed by atoms with Gasteiger partial charge in [-0.05, 0) is 0 Å². The molecule has 0 atom stereocenters. The van der Waals surface area contributed by atoms with Crippen molar-refractivity contribution in [3.63, 3.8) is 0 Å². The molecular formula is C14H23N3O4. The summed E-state index contributed by atoms with van der Waals surface area (Å²) in [6, 6.07) is 0. The van der Waals surface area contributed by atoms with Crippen molar-refractivity contribution in [2.75, 3.05) is 59.0 Å². The highest BCUT2D eigenvalue weighted by atomic mass is 16.7. The Hall–Kier alpha value is -1.18. The molecule has 7 heteroatoms. The highest BCUT2D eigenvalue weighted by Gasteiger charge is 2.40. The third-order valence-electron chi connectivity index (χ3n) is 4.61. The maximum absolute atomic E-state index is 12.3. The SMILES string of the molecule is O=CN1CCN(CC(=O)N2CCC3(CC2)OCCO3)CC1. The van der Waals surface area contributed by atoms with E-state index >= 15 is 0 Å². The summed E-state index contributed by atoms with van der Waals surface area (Å²) in [6.07, 6.45) is 2.40. The van der Waals surface area contributed by atoms with Gasteiger partial charge in [-0.25, -0.2) is 0 Å². The largest absolute Gasteiger partial charge is 0.347 e. The molecule has 0 bridgehead atoms. The van der Waals surface area contributed by atoms with Gasteiger partial charge in [-0.2, -0.15) is 0 Å². The van der Waals surface area contributed by atoms with Crippen LogP contribution in [-0.2, 0) is 19.1 Å². The monoisotopic (exact) mass is 297 g/mol. The van der Waals surface area contributed by atoms with Crippen molar-refractivity contribution < 1.29 is 19.1 Å². The summed E-state index contributed by atoms with van der Waals surface area (Å²) in [5, 5.41) is 0. The molecular weight excluding hydrogens is 274 g/mol. The molecule has 21 heavy (non-hydrogen) atoms. The Morgan fingerprint density at radius 1 is 1.00 bits per heavy atom. The first-order valence-electron chi connectivity index (χ1n) is 7.68. The number of hydrogen-bond donors (Lipinski definition) is 0. The summed E-state index contributed by atoms with van der Waals surface area (Å²) < 4.78 is 11.3. The Morgan fingerprint density at radius 3 is 2.19 bits per heavy atom. The van der Waals surface area contributed by atoms with E-state index in [9.17, 15) is 9.59 Å². The lowest BCUT2D eigenvalue weighted by Crippen LogP contribution is -2.52. The number of hydrogen-bond acceptors (Lipinski definition) is 5. The van der Waals surface area contributed by atoms with Crippen LogP contribution in [0.25, 0.3) is 0 Å². The minimum Gasteiger partial charge on any atom is -0.347 e. The third kappa shape index (κ3) is 3.36. The Labute approximate surface area is 124 Å². The van der Waals surface area contributed by atoms with Gasteiger partial charge in [-0.3, -0.25) is 14.5 Å². The number of nitrogens with zero attached hydrogens (tertiary/aromatic N) is 3. The zero-order valence-electron chi connectivity index (χ0n) is 12.3. The molecule has 3 fully saturated rings. The van der Waals surface area contributed by atoms with Gasteiger partial charge in [0.15, 0.2) is 5.79 Å². The van der Waals surface area contributed by atoms with Gasteiger partial charge in [0.2, 0.25) is 12.3 Å². The van der Waals surface area contributed by atoms with E-state index < -0.39 is 5.79 Å². The zero-order chi connectivity index (χ0) is 14.7. The predicted octanol–water partition coefficient (Wildman–Crippen LogP) is -0.874. The quantitative estimate of drug-likeness (QED) is 0.634. The molecule has 0 aromatic carbocycles. The molecule has 7 nitrogen and oxygen atoms in total. The molecule has 2 amide bonds. The summed E-state index contributed by atoms with van der Waals surface area (Å²) >= 11 is 0. The molecule has 3 heterocycles. The fraction of sp³-hybridized carbons (Fsp3) is 0.857. The van der Waals surface area contributed by atoms with Crippen molar-refractivity contribution in [1.82, 2.24) is 14.7 Å². The Morgan fingerprint density at radius 2 is 1.62 bits per heavy atom. The number of carbonyl (C=O) groups excluding carboxylic acids is 2. The molecule has 3 rings (SSSR count). The number of ether oxygens (including phenoxy) is 2. The summed E-state index contributed by atoms with van der Waals surface area (Å²) in [7, 11) is 0. The lowest BCUT2D eigenvalue weighted by Gasteiger charge is -2.39. The van der Waals surface area contributed by atoms with E-state index in [1.807, 2.05) is 4.90 Å². The lowest BCUT2D eigenvalue weighted by molar-refractivity contribution is -0.187. The van der Waals surface area contributed by atoms with E-state index in [-0.39, 0.29) is 5.91 Å². The fourth-order valence-electron chi connectivity index (χ4n) is 3.20. The van der Waals surface area contributed by atoms with Gasteiger partial charge < -0.3 is 19.3 Å². The minimum absolute atomic E-state index is 0.169. The van der Waals surface area contributed by atoms with Crippen LogP contribution >= 0.6 is 0 Å². The molecule has 0 aromatic heterocycles. The molecule has 3 aliphatic rings. The average molecular weight is 297 g/mol. The van der Waals surface area contributed by atoms with Crippen LogP contribution < -0.4 is 0 Å². The maximum atomic E-state index is 12.3. The van der Waals surface area contributed by atoms with E-state index in [1.165, 1.54) is 0 Å². The van der Waals surface area contributed by atoms with E-state index in [0.29, 0.717) is 45.9 Å². The molecule has 0 saturated carbocycles. The maximum Gasteiger partial charge on any atom is 0.236 e. The standard InChI is InChI=1S/C14H23N3O4/c18-12-16-7-5-15(6-8-16)11-13(19)17-3-1-14(2-4-17)20-9-10-21-14/h12H,1-11H2. The predicted molar refractivity (Wildman–Crippen MR) is 74.5 cm³/mol. The van der Waals surface area contributed by atoms with Gasteiger partial charge in [-0.1, -0.05) is 0 Å². The van der Waals surface area contributed by atoms with Crippen LogP contribution in [0.15, 0.2) is 0 Å². The Bertz CT molecular complexity index is 380. The van der Waals surface area contributed by atoms with E-state index in [2.05, 4.69) is 4.90 Å². The lowest BCUT2D eigenvalue weighted by atomic mass is 10.0. The van der Waals surface area contributed by atoms with E-state index in [1.54, 1.807) is 4.90 Å². The number of piperidine rings is 1. The highest BCUT2D eigenvalue weighted by Crippen LogP contribution is 2.31. The molecule has 3 saturated heterocycles. The van der Waals surface area contributed by atoms with Gasteiger partial charge >= 0.3 is 0 Å². The van der Waals surface area contributed by atoms with Crippen LogP contribution in [0.5, 0.6) is 0 Å². The van der Waals surface area contributed by atoms with Gasteiger partial charge in [0.25, 0.3) is 0 Å². The fourth-order valence-corrected chi connectivity index (χ4v) is 3.20. The number of piperazine rings is 1.